The fraction of sp³-hybridized carbons (Fsp3) is 0.650. The number of rotatable bonds is 5. The van der Waals surface area contributed by atoms with E-state index in [4.69, 9.17) is 0 Å². The average molecular weight is 430 g/mol. The molecule has 2 aliphatic rings. The Kier molecular flexibility index (Phi) is 6.90. The fourth-order valence-corrected chi connectivity index (χ4v) is 5.74. The Balaban J connectivity index is 1.62. The maximum Gasteiger partial charge on any atom is 0.246 e. The number of hydrogen-bond donors (Lipinski definition) is 0. The summed E-state index contributed by atoms with van der Waals surface area (Å²) in [4.78, 5) is 16.0. The van der Waals surface area contributed by atoms with Crippen LogP contribution in [0.4, 0.5) is 8.78 Å². The quantitative estimate of drug-likeness (QED) is 0.722. The van der Waals surface area contributed by atoms with Crippen LogP contribution in [0.5, 0.6) is 0 Å². The van der Waals surface area contributed by atoms with Gasteiger partial charge in [-0.2, -0.15) is 4.31 Å². The van der Waals surface area contributed by atoms with Gasteiger partial charge in [0.1, 0.15) is 16.5 Å². The summed E-state index contributed by atoms with van der Waals surface area (Å²) in [5.41, 5.74) is 0. The molecule has 1 amide bonds. The van der Waals surface area contributed by atoms with E-state index in [-0.39, 0.29) is 31.1 Å². The van der Waals surface area contributed by atoms with Crippen LogP contribution in [0.25, 0.3) is 0 Å². The average Bonchev–Trinajstić information content (AvgIpc) is 2.74. The van der Waals surface area contributed by atoms with Crippen LogP contribution in [0.2, 0.25) is 0 Å². The molecular formula is C20H29F2N3O3S. The van der Waals surface area contributed by atoms with Gasteiger partial charge in [-0.25, -0.2) is 17.2 Å². The number of nitrogens with zero attached hydrogens (tertiary/aromatic N) is 3. The molecular weight excluding hydrogens is 400 g/mol. The van der Waals surface area contributed by atoms with Gasteiger partial charge < -0.3 is 4.90 Å². The van der Waals surface area contributed by atoms with Crippen molar-refractivity contribution in [3.8, 4) is 0 Å². The second-order valence-corrected chi connectivity index (χ2v) is 9.84. The first-order valence-electron chi connectivity index (χ1n) is 10.2. The van der Waals surface area contributed by atoms with Crippen molar-refractivity contribution in [3.05, 3.63) is 29.8 Å². The van der Waals surface area contributed by atoms with Crippen molar-refractivity contribution in [2.75, 3.05) is 33.2 Å². The molecule has 1 unspecified atom stereocenters. The number of sulfonamides is 1. The van der Waals surface area contributed by atoms with Crippen LogP contribution >= 0.6 is 0 Å². The van der Waals surface area contributed by atoms with Crippen molar-refractivity contribution in [3.63, 3.8) is 0 Å². The minimum absolute atomic E-state index is 0.0457. The molecule has 0 spiro atoms. The smallest absolute Gasteiger partial charge is 0.246 e. The summed E-state index contributed by atoms with van der Waals surface area (Å²) in [5, 5.41) is 0. The Morgan fingerprint density at radius 1 is 1.10 bits per heavy atom. The largest absolute Gasteiger partial charge is 0.341 e. The third kappa shape index (κ3) is 4.78. The summed E-state index contributed by atoms with van der Waals surface area (Å²) < 4.78 is 54.0. The molecule has 1 atom stereocenters. The lowest BCUT2D eigenvalue weighted by molar-refractivity contribution is -0.138. The maximum atomic E-state index is 14.0. The summed E-state index contributed by atoms with van der Waals surface area (Å²) in [6.45, 7) is 2.83. The molecule has 6 nitrogen and oxygen atoms in total. The first-order chi connectivity index (χ1) is 13.7. The van der Waals surface area contributed by atoms with Crippen molar-refractivity contribution < 1.29 is 22.0 Å². The lowest BCUT2D eigenvalue weighted by Gasteiger charge is -2.39. The van der Waals surface area contributed by atoms with Crippen LogP contribution in [-0.4, -0.2) is 73.7 Å². The zero-order valence-corrected chi connectivity index (χ0v) is 17.8. The Bertz CT molecular complexity index is 835. The van der Waals surface area contributed by atoms with Crippen molar-refractivity contribution in [1.82, 2.24) is 14.1 Å². The highest BCUT2D eigenvalue weighted by molar-refractivity contribution is 7.89. The van der Waals surface area contributed by atoms with Gasteiger partial charge in [-0.15, -0.1) is 0 Å². The van der Waals surface area contributed by atoms with E-state index >= 15 is 0 Å². The molecule has 1 aromatic rings. The van der Waals surface area contributed by atoms with Gasteiger partial charge in [-0.3, -0.25) is 9.69 Å². The second kappa shape index (κ2) is 9.06. The van der Waals surface area contributed by atoms with E-state index in [9.17, 15) is 22.0 Å². The zero-order chi connectivity index (χ0) is 21.2. The first-order valence-corrected chi connectivity index (χ1v) is 11.6. The molecule has 1 heterocycles. The molecule has 0 aromatic heterocycles. The summed E-state index contributed by atoms with van der Waals surface area (Å²) in [7, 11) is -2.27. The number of amides is 1. The summed E-state index contributed by atoms with van der Waals surface area (Å²) in [5.74, 6) is -1.72. The summed E-state index contributed by atoms with van der Waals surface area (Å²) in [6.07, 6.45) is 5.56. The van der Waals surface area contributed by atoms with Crippen LogP contribution in [0.1, 0.15) is 39.0 Å². The molecule has 1 saturated heterocycles. The number of halogens is 2. The van der Waals surface area contributed by atoms with Gasteiger partial charge in [-0.05, 0) is 38.0 Å². The Morgan fingerprint density at radius 2 is 1.72 bits per heavy atom. The van der Waals surface area contributed by atoms with Crippen LogP contribution in [-0.2, 0) is 14.8 Å². The van der Waals surface area contributed by atoms with Crippen molar-refractivity contribution in [1.29, 1.82) is 0 Å². The van der Waals surface area contributed by atoms with E-state index in [2.05, 4.69) is 0 Å². The molecule has 1 aliphatic heterocycles. The van der Waals surface area contributed by atoms with Gasteiger partial charge in [0, 0.05) is 39.3 Å². The van der Waals surface area contributed by atoms with E-state index < -0.39 is 26.6 Å². The molecule has 1 aliphatic carbocycles. The first kappa shape index (κ1) is 22.1. The molecule has 0 radical (unpaired) electrons. The maximum absolute atomic E-state index is 14.0. The molecule has 162 valence electrons. The van der Waals surface area contributed by atoms with Gasteiger partial charge in [0.05, 0.1) is 6.04 Å². The lowest BCUT2D eigenvalue weighted by Crippen LogP contribution is -2.56. The lowest BCUT2D eigenvalue weighted by atomic mass is 9.94. The Labute approximate surface area is 171 Å². The summed E-state index contributed by atoms with van der Waals surface area (Å²) in [6, 6.07) is 2.35. The van der Waals surface area contributed by atoms with E-state index in [1.54, 1.807) is 0 Å². The van der Waals surface area contributed by atoms with Crippen LogP contribution in [0.3, 0.4) is 0 Å². The van der Waals surface area contributed by atoms with Crippen molar-refractivity contribution in [2.45, 2.75) is 56.0 Å². The number of carbonyl (C=O) groups excluding carboxylic acids is 1. The van der Waals surface area contributed by atoms with Crippen LogP contribution < -0.4 is 0 Å². The van der Waals surface area contributed by atoms with Gasteiger partial charge in [0.2, 0.25) is 15.9 Å². The van der Waals surface area contributed by atoms with Gasteiger partial charge in [0.15, 0.2) is 0 Å². The number of benzene rings is 1. The number of likely N-dealkylation sites (N-methyl/N-ethyl adjacent to an activating group) is 1. The number of carbonyl (C=O) groups is 1. The van der Waals surface area contributed by atoms with E-state index in [1.807, 2.05) is 23.8 Å². The summed E-state index contributed by atoms with van der Waals surface area (Å²) >= 11 is 0. The van der Waals surface area contributed by atoms with E-state index in [1.165, 1.54) is 6.42 Å². The monoisotopic (exact) mass is 429 g/mol. The highest BCUT2D eigenvalue weighted by Crippen LogP contribution is 2.24. The minimum atomic E-state index is -4.12. The van der Waals surface area contributed by atoms with Gasteiger partial charge in [-0.1, -0.05) is 19.3 Å². The molecule has 0 N–H and O–H groups in total. The zero-order valence-electron chi connectivity index (χ0n) is 17.0. The normalized spacial score (nSPS) is 21.1. The predicted molar refractivity (Wildman–Crippen MR) is 106 cm³/mol. The van der Waals surface area contributed by atoms with Crippen LogP contribution in [0.15, 0.2) is 23.1 Å². The minimum Gasteiger partial charge on any atom is -0.341 e. The van der Waals surface area contributed by atoms with Crippen LogP contribution in [0, 0.1) is 11.6 Å². The molecule has 0 bridgehead atoms. The molecule has 1 saturated carbocycles. The number of hydrogen-bond acceptors (Lipinski definition) is 4. The molecule has 9 heteroatoms. The fourth-order valence-electron chi connectivity index (χ4n) is 4.24. The predicted octanol–water partition coefficient (Wildman–Crippen LogP) is 2.45. The highest BCUT2D eigenvalue weighted by atomic mass is 32.2. The molecule has 1 aromatic carbocycles. The molecule has 29 heavy (non-hydrogen) atoms. The van der Waals surface area contributed by atoms with Gasteiger partial charge >= 0.3 is 0 Å². The molecule has 2 fully saturated rings. The molecule has 3 rings (SSSR count). The van der Waals surface area contributed by atoms with Gasteiger partial charge in [0.25, 0.3) is 0 Å². The highest BCUT2D eigenvalue weighted by Gasteiger charge is 2.35. The second-order valence-electron chi connectivity index (χ2n) is 7.93. The van der Waals surface area contributed by atoms with E-state index in [0.717, 1.165) is 42.1 Å². The number of piperazine rings is 1. The third-order valence-corrected chi connectivity index (χ3v) is 8.07. The SMILES string of the molecule is CC(C(=O)N(C)C1CCCCC1)N1CCN(S(=O)(=O)c2cc(F)ccc2F)CC1. The third-order valence-electron chi connectivity index (χ3n) is 6.16. The standard InChI is InChI=1S/C20H29F2N3O3S/c1-15(20(26)23(2)17-6-4-3-5-7-17)24-10-12-25(13-11-24)29(27,28)19-14-16(21)8-9-18(19)22/h8-9,14-15,17H,3-7,10-13H2,1-2H3. The topological polar surface area (TPSA) is 60.9 Å². The van der Waals surface area contributed by atoms with Crippen molar-refractivity contribution in [2.24, 2.45) is 0 Å². The van der Waals surface area contributed by atoms with Crippen molar-refractivity contribution >= 4 is 15.9 Å². The Morgan fingerprint density at radius 3 is 2.34 bits per heavy atom. The Hall–Kier alpha value is -1.58. The van der Waals surface area contributed by atoms with E-state index in [0.29, 0.717) is 19.2 Å².